The van der Waals surface area contributed by atoms with Gasteiger partial charge in [-0.25, -0.2) is 0 Å². The summed E-state index contributed by atoms with van der Waals surface area (Å²) >= 11 is 0. The molecule has 3 heteroatoms. The van der Waals surface area contributed by atoms with E-state index in [2.05, 4.69) is 17.6 Å². The Hall–Kier alpha value is -1.35. The van der Waals surface area contributed by atoms with Gasteiger partial charge >= 0.3 is 0 Å². The largest absolute Gasteiger partial charge is 0.325 e. The van der Waals surface area contributed by atoms with Crippen LogP contribution in [0, 0.1) is 5.92 Å². The topological polar surface area (TPSA) is 41.1 Å². The highest BCUT2D eigenvalue weighted by Crippen LogP contribution is 2.33. The number of nitrogens with one attached hydrogen (secondary N) is 2. The van der Waals surface area contributed by atoms with Crippen LogP contribution in [0.1, 0.15) is 33.1 Å². The molecule has 1 amide bonds. The van der Waals surface area contributed by atoms with E-state index in [1.807, 2.05) is 37.3 Å². The lowest BCUT2D eigenvalue weighted by molar-refractivity contribution is -0.117. The fourth-order valence-corrected chi connectivity index (χ4v) is 2.20. The molecule has 1 aromatic carbocycles. The highest BCUT2D eigenvalue weighted by atomic mass is 16.2. The lowest BCUT2D eigenvalue weighted by Gasteiger charge is -2.19. The molecule has 2 atom stereocenters. The van der Waals surface area contributed by atoms with Crippen molar-refractivity contribution in [3.05, 3.63) is 30.3 Å². The van der Waals surface area contributed by atoms with Gasteiger partial charge in [-0.1, -0.05) is 31.0 Å². The number of carbonyl (C=O) groups is 1. The Morgan fingerprint density at radius 3 is 2.56 bits per heavy atom. The maximum absolute atomic E-state index is 12.0. The molecule has 1 aromatic rings. The zero-order valence-corrected chi connectivity index (χ0v) is 11.1. The molecule has 0 aromatic heterocycles. The van der Waals surface area contributed by atoms with Crippen LogP contribution in [-0.4, -0.2) is 18.0 Å². The molecular formula is C15H22N2O. The van der Waals surface area contributed by atoms with E-state index in [1.54, 1.807) is 0 Å². The summed E-state index contributed by atoms with van der Waals surface area (Å²) in [5, 5.41) is 6.27. The summed E-state index contributed by atoms with van der Waals surface area (Å²) < 4.78 is 0. The number of anilines is 1. The van der Waals surface area contributed by atoms with Gasteiger partial charge in [0.15, 0.2) is 0 Å². The van der Waals surface area contributed by atoms with Gasteiger partial charge in [0, 0.05) is 11.7 Å². The second-order valence-electron chi connectivity index (χ2n) is 5.32. The van der Waals surface area contributed by atoms with Gasteiger partial charge in [-0.15, -0.1) is 0 Å². The Morgan fingerprint density at radius 2 is 1.94 bits per heavy atom. The molecule has 0 spiro atoms. The monoisotopic (exact) mass is 246 g/mol. The van der Waals surface area contributed by atoms with E-state index < -0.39 is 0 Å². The Bertz CT molecular complexity index is 387. The van der Waals surface area contributed by atoms with Gasteiger partial charge in [0.25, 0.3) is 0 Å². The van der Waals surface area contributed by atoms with Crippen molar-refractivity contribution in [2.45, 2.75) is 45.2 Å². The van der Waals surface area contributed by atoms with Crippen molar-refractivity contribution < 1.29 is 4.79 Å². The molecule has 2 unspecified atom stereocenters. The number of hydrogen-bond acceptors (Lipinski definition) is 2. The predicted molar refractivity (Wildman–Crippen MR) is 74.5 cm³/mol. The summed E-state index contributed by atoms with van der Waals surface area (Å²) in [7, 11) is 0. The first kappa shape index (κ1) is 13.1. The SMILES string of the molecule is CC(CC1CC1)NC(C)C(=O)Nc1ccccc1. The molecule has 0 aliphatic heterocycles. The minimum absolute atomic E-state index is 0.0313. The van der Waals surface area contributed by atoms with Crippen LogP contribution in [0.4, 0.5) is 5.69 Å². The molecule has 0 bridgehead atoms. The van der Waals surface area contributed by atoms with Gasteiger partial charge in [0.05, 0.1) is 6.04 Å². The van der Waals surface area contributed by atoms with Crippen molar-refractivity contribution in [1.82, 2.24) is 5.32 Å². The number of carbonyl (C=O) groups excluding carboxylic acids is 1. The Morgan fingerprint density at radius 1 is 1.28 bits per heavy atom. The number of amides is 1. The molecule has 1 aliphatic carbocycles. The summed E-state index contributed by atoms with van der Waals surface area (Å²) in [5.41, 5.74) is 0.853. The molecule has 0 radical (unpaired) electrons. The standard InChI is InChI=1S/C15H22N2O/c1-11(10-13-8-9-13)16-12(2)15(18)17-14-6-4-3-5-7-14/h3-7,11-13,16H,8-10H2,1-2H3,(H,17,18). The van der Waals surface area contributed by atoms with Crippen molar-refractivity contribution in [2.24, 2.45) is 5.92 Å². The van der Waals surface area contributed by atoms with Crippen molar-refractivity contribution in [2.75, 3.05) is 5.32 Å². The van der Waals surface area contributed by atoms with E-state index in [-0.39, 0.29) is 11.9 Å². The van der Waals surface area contributed by atoms with E-state index in [0.29, 0.717) is 6.04 Å². The van der Waals surface area contributed by atoms with Gasteiger partial charge < -0.3 is 10.6 Å². The molecule has 0 heterocycles. The smallest absolute Gasteiger partial charge is 0.241 e. The van der Waals surface area contributed by atoms with Crippen LogP contribution in [0.25, 0.3) is 0 Å². The molecule has 1 fully saturated rings. The van der Waals surface area contributed by atoms with Crippen LogP contribution >= 0.6 is 0 Å². The van der Waals surface area contributed by atoms with Crippen LogP contribution in [0.15, 0.2) is 30.3 Å². The lowest BCUT2D eigenvalue weighted by atomic mass is 10.1. The van der Waals surface area contributed by atoms with E-state index in [9.17, 15) is 4.79 Å². The summed E-state index contributed by atoms with van der Waals surface area (Å²) in [6.07, 6.45) is 3.90. The second-order valence-corrected chi connectivity index (χ2v) is 5.32. The fourth-order valence-electron chi connectivity index (χ4n) is 2.20. The maximum atomic E-state index is 12.0. The minimum atomic E-state index is -0.154. The highest BCUT2D eigenvalue weighted by Gasteiger charge is 2.25. The third-order valence-corrected chi connectivity index (χ3v) is 3.35. The molecule has 1 saturated carbocycles. The van der Waals surface area contributed by atoms with Crippen LogP contribution in [0.5, 0.6) is 0 Å². The summed E-state index contributed by atoms with van der Waals surface area (Å²) in [4.78, 5) is 12.0. The van der Waals surface area contributed by atoms with Crippen molar-refractivity contribution in [3.8, 4) is 0 Å². The summed E-state index contributed by atoms with van der Waals surface area (Å²) in [5.74, 6) is 0.917. The van der Waals surface area contributed by atoms with Crippen molar-refractivity contribution in [1.29, 1.82) is 0 Å². The Labute approximate surface area is 109 Å². The highest BCUT2D eigenvalue weighted by molar-refractivity contribution is 5.94. The molecular weight excluding hydrogens is 224 g/mol. The Kier molecular flexibility index (Phi) is 4.37. The predicted octanol–water partition coefficient (Wildman–Crippen LogP) is 2.79. The van der Waals surface area contributed by atoms with Crippen LogP contribution in [-0.2, 0) is 4.79 Å². The summed E-state index contributed by atoms with van der Waals surface area (Å²) in [6.45, 7) is 4.08. The first-order valence-corrected chi connectivity index (χ1v) is 6.77. The number of rotatable bonds is 6. The van der Waals surface area contributed by atoms with Crippen LogP contribution in [0.3, 0.4) is 0 Å². The normalized spacial score (nSPS) is 18.1. The van der Waals surface area contributed by atoms with Gasteiger partial charge in [-0.2, -0.15) is 0 Å². The van der Waals surface area contributed by atoms with Gasteiger partial charge in [0.2, 0.25) is 5.91 Å². The van der Waals surface area contributed by atoms with Crippen molar-refractivity contribution >= 4 is 11.6 Å². The van der Waals surface area contributed by atoms with E-state index in [1.165, 1.54) is 19.3 Å². The molecule has 1 aliphatic rings. The molecule has 2 rings (SSSR count). The summed E-state index contributed by atoms with van der Waals surface area (Å²) in [6, 6.07) is 9.84. The third-order valence-electron chi connectivity index (χ3n) is 3.35. The first-order valence-electron chi connectivity index (χ1n) is 6.77. The average molecular weight is 246 g/mol. The lowest BCUT2D eigenvalue weighted by Crippen LogP contribution is -2.42. The molecule has 0 saturated heterocycles. The average Bonchev–Trinajstić information content (AvgIpc) is 3.14. The van der Waals surface area contributed by atoms with Gasteiger partial charge in [-0.05, 0) is 38.3 Å². The zero-order chi connectivity index (χ0) is 13.0. The fraction of sp³-hybridized carbons (Fsp3) is 0.533. The van der Waals surface area contributed by atoms with E-state index >= 15 is 0 Å². The molecule has 3 nitrogen and oxygen atoms in total. The van der Waals surface area contributed by atoms with Crippen LogP contribution < -0.4 is 10.6 Å². The second kappa shape index (κ2) is 6.01. The zero-order valence-electron chi connectivity index (χ0n) is 11.1. The quantitative estimate of drug-likeness (QED) is 0.810. The molecule has 98 valence electrons. The van der Waals surface area contributed by atoms with Gasteiger partial charge in [-0.3, -0.25) is 4.79 Å². The van der Waals surface area contributed by atoms with E-state index in [0.717, 1.165) is 11.6 Å². The Balaban J connectivity index is 1.77. The number of hydrogen-bond donors (Lipinski definition) is 2. The van der Waals surface area contributed by atoms with E-state index in [4.69, 9.17) is 0 Å². The number of benzene rings is 1. The van der Waals surface area contributed by atoms with Crippen LogP contribution in [0.2, 0.25) is 0 Å². The van der Waals surface area contributed by atoms with Gasteiger partial charge in [0.1, 0.15) is 0 Å². The third kappa shape index (κ3) is 4.15. The maximum Gasteiger partial charge on any atom is 0.241 e. The minimum Gasteiger partial charge on any atom is -0.325 e. The molecule has 18 heavy (non-hydrogen) atoms. The first-order chi connectivity index (χ1) is 8.65. The molecule has 2 N–H and O–H groups in total. The van der Waals surface area contributed by atoms with Crippen molar-refractivity contribution in [3.63, 3.8) is 0 Å². The number of para-hydroxylation sites is 1.